The molecule has 1 aromatic heterocycles. The molecule has 1 aromatic carbocycles. The highest BCUT2D eigenvalue weighted by Crippen LogP contribution is 2.15. The van der Waals surface area contributed by atoms with Crippen molar-refractivity contribution < 1.29 is 0 Å². The number of aryl methyl sites for hydroxylation is 1. The molecule has 0 radical (unpaired) electrons. The van der Waals surface area contributed by atoms with Crippen molar-refractivity contribution in [3.63, 3.8) is 0 Å². The maximum atomic E-state index is 5.98. The van der Waals surface area contributed by atoms with Gasteiger partial charge in [-0.05, 0) is 24.1 Å². The first-order valence-electron chi connectivity index (χ1n) is 6.29. The summed E-state index contributed by atoms with van der Waals surface area (Å²) in [6, 6.07) is 9.59. The van der Waals surface area contributed by atoms with Crippen molar-refractivity contribution in [3.05, 3.63) is 52.4 Å². The molecule has 100 valence electrons. The average Bonchev–Trinajstić information content (AvgIpc) is 2.39. The Morgan fingerprint density at radius 1 is 1.26 bits per heavy atom. The largest absolute Gasteiger partial charge is 0.308 e. The molecule has 2 aromatic rings. The number of nitrogens with zero attached hydrogens (tertiary/aromatic N) is 2. The number of rotatable bonds is 5. The van der Waals surface area contributed by atoms with Crippen molar-refractivity contribution >= 4 is 17.4 Å². The topological polar surface area (TPSA) is 63.8 Å². The molecule has 4 nitrogen and oxygen atoms in total. The number of hydrogen-bond acceptors (Lipinski definition) is 4. The molecular formula is C14H17ClN4. The lowest BCUT2D eigenvalue weighted by atomic mass is 10.1. The summed E-state index contributed by atoms with van der Waals surface area (Å²) in [5.41, 5.74) is 4.68. The summed E-state index contributed by atoms with van der Waals surface area (Å²) in [5, 5.41) is 0.722. The molecule has 0 aliphatic rings. The van der Waals surface area contributed by atoms with Gasteiger partial charge in [0.2, 0.25) is 0 Å². The van der Waals surface area contributed by atoms with Crippen molar-refractivity contribution in [2.75, 3.05) is 5.43 Å². The fourth-order valence-corrected chi connectivity index (χ4v) is 2.13. The van der Waals surface area contributed by atoms with E-state index in [-0.39, 0.29) is 0 Å². The number of halogens is 1. The van der Waals surface area contributed by atoms with Crippen LogP contribution in [0, 0.1) is 0 Å². The number of nitrogens with two attached hydrogens (primary N) is 1. The first-order chi connectivity index (χ1) is 9.21. The normalized spacial score (nSPS) is 10.5. The number of nitrogens with one attached hydrogen (secondary N) is 1. The van der Waals surface area contributed by atoms with E-state index in [2.05, 4.69) is 22.3 Å². The first-order valence-corrected chi connectivity index (χ1v) is 6.67. The molecule has 0 spiro atoms. The Morgan fingerprint density at radius 3 is 2.79 bits per heavy atom. The van der Waals surface area contributed by atoms with E-state index in [1.54, 1.807) is 0 Å². The Bertz CT molecular complexity index is 557. The van der Waals surface area contributed by atoms with Crippen LogP contribution in [0.3, 0.4) is 0 Å². The minimum atomic E-state index is 0.646. The Kier molecular flexibility index (Phi) is 4.71. The van der Waals surface area contributed by atoms with Crippen LogP contribution in [0.15, 0.2) is 30.3 Å². The molecule has 0 saturated heterocycles. The van der Waals surface area contributed by atoms with Crippen molar-refractivity contribution in [2.45, 2.75) is 26.2 Å². The molecule has 3 N–H and O–H groups in total. The van der Waals surface area contributed by atoms with Crippen LogP contribution >= 0.6 is 11.6 Å². The average molecular weight is 277 g/mol. The fraction of sp³-hybridized carbons (Fsp3) is 0.286. The zero-order valence-corrected chi connectivity index (χ0v) is 11.6. The molecule has 0 unspecified atom stereocenters. The van der Waals surface area contributed by atoms with Gasteiger partial charge in [0, 0.05) is 23.2 Å². The lowest BCUT2D eigenvalue weighted by Crippen LogP contribution is -2.12. The van der Waals surface area contributed by atoms with Crippen LogP contribution in [-0.4, -0.2) is 9.97 Å². The fourth-order valence-electron chi connectivity index (χ4n) is 1.92. The second-order valence-electron chi connectivity index (χ2n) is 4.36. The SMILES string of the molecule is CCCc1cc(NN)nc(Cc2cccc(Cl)c2)n1. The van der Waals surface area contributed by atoms with Gasteiger partial charge >= 0.3 is 0 Å². The lowest BCUT2D eigenvalue weighted by molar-refractivity contribution is 0.842. The predicted octanol–water partition coefficient (Wildman–Crippen LogP) is 2.96. The molecule has 0 saturated carbocycles. The van der Waals surface area contributed by atoms with Gasteiger partial charge in [0.25, 0.3) is 0 Å². The molecule has 0 fully saturated rings. The van der Waals surface area contributed by atoms with Crippen LogP contribution in [0.4, 0.5) is 5.82 Å². The molecule has 0 aliphatic carbocycles. The summed E-state index contributed by atoms with van der Waals surface area (Å²) in [5.74, 6) is 6.84. The third kappa shape index (κ3) is 3.91. The van der Waals surface area contributed by atoms with Crippen LogP contribution < -0.4 is 11.3 Å². The number of aromatic nitrogens is 2. The number of nitrogen functional groups attached to an aromatic ring is 1. The number of hydrazine groups is 1. The van der Waals surface area contributed by atoms with Crippen LogP contribution in [0.25, 0.3) is 0 Å². The third-order valence-corrected chi connectivity index (χ3v) is 2.97. The molecule has 0 atom stereocenters. The summed E-state index contributed by atoms with van der Waals surface area (Å²) >= 11 is 5.98. The van der Waals surface area contributed by atoms with Gasteiger partial charge in [-0.2, -0.15) is 0 Å². The molecule has 0 aliphatic heterocycles. The van der Waals surface area contributed by atoms with Crippen LogP contribution in [0.5, 0.6) is 0 Å². The molecule has 2 rings (SSSR count). The highest BCUT2D eigenvalue weighted by atomic mass is 35.5. The van der Waals surface area contributed by atoms with Gasteiger partial charge < -0.3 is 5.43 Å². The highest BCUT2D eigenvalue weighted by molar-refractivity contribution is 6.30. The van der Waals surface area contributed by atoms with E-state index in [0.717, 1.165) is 34.9 Å². The minimum Gasteiger partial charge on any atom is -0.308 e. The molecule has 19 heavy (non-hydrogen) atoms. The van der Waals surface area contributed by atoms with Crippen LogP contribution in [0.2, 0.25) is 5.02 Å². The van der Waals surface area contributed by atoms with Gasteiger partial charge in [0.05, 0.1) is 0 Å². The van der Waals surface area contributed by atoms with E-state index in [1.165, 1.54) is 0 Å². The van der Waals surface area contributed by atoms with Gasteiger partial charge in [-0.15, -0.1) is 0 Å². The van der Waals surface area contributed by atoms with E-state index in [1.807, 2.05) is 30.3 Å². The van der Waals surface area contributed by atoms with Crippen LogP contribution in [0.1, 0.15) is 30.4 Å². The summed E-state index contributed by atoms with van der Waals surface area (Å²) in [7, 11) is 0. The monoisotopic (exact) mass is 276 g/mol. The zero-order chi connectivity index (χ0) is 13.7. The van der Waals surface area contributed by atoms with E-state index < -0.39 is 0 Å². The quantitative estimate of drug-likeness (QED) is 0.651. The maximum Gasteiger partial charge on any atom is 0.143 e. The molecular weight excluding hydrogens is 260 g/mol. The van der Waals surface area contributed by atoms with Crippen molar-refractivity contribution in [2.24, 2.45) is 5.84 Å². The Balaban J connectivity index is 2.26. The third-order valence-electron chi connectivity index (χ3n) is 2.73. The highest BCUT2D eigenvalue weighted by Gasteiger charge is 2.05. The summed E-state index contributed by atoms with van der Waals surface area (Å²) in [6.07, 6.45) is 2.60. The van der Waals surface area contributed by atoms with E-state index in [0.29, 0.717) is 12.2 Å². The summed E-state index contributed by atoms with van der Waals surface area (Å²) < 4.78 is 0. The Labute approximate surface area is 118 Å². The Morgan fingerprint density at radius 2 is 2.11 bits per heavy atom. The number of anilines is 1. The van der Waals surface area contributed by atoms with E-state index in [9.17, 15) is 0 Å². The Hall–Kier alpha value is -1.65. The second-order valence-corrected chi connectivity index (χ2v) is 4.80. The molecule has 0 amide bonds. The minimum absolute atomic E-state index is 0.646. The van der Waals surface area contributed by atoms with Gasteiger partial charge in [-0.25, -0.2) is 15.8 Å². The lowest BCUT2D eigenvalue weighted by Gasteiger charge is -2.07. The van der Waals surface area contributed by atoms with Gasteiger partial charge in [-0.3, -0.25) is 0 Å². The van der Waals surface area contributed by atoms with Crippen molar-refractivity contribution in [1.29, 1.82) is 0 Å². The van der Waals surface area contributed by atoms with E-state index >= 15 is 0 Å². The molecule has 5 heteroatoms. The van der Waals surface area contributed by atoms with Crippen molar-refractivity contribution in [1.82, 2.24) is 9.97 Å². The molecule has 1 heterocycles. The first kappa shape index (κ1) is 13.8. The van der Waals surface area contributed by atoms with Gasteiger partial charge in [0.15, 0.2) is 0 Å². The van der Waals surface area contributed by atoms with Gasteiger partial charge in [0.1, 0.15) is 11.6 Å². The van der Waals surface area contributed by atoms with Crippen LogP contribution in [-0.2, 0) is 12.8 Å². The zero-order valence-electron chi connectivity index (χ0n) is 10.9. The van der Waals surface area contributed by atoms with Crippen molar-refractivity contribution in [3.8, 4) is 0 Å². The predicted molar refractivity (Wildman–Crippen MR) is 78.1 cm³/mol. The van der Waals surface area contributed by atoms with Gasteiger partial charge in [-0.1, -0.05) is 37.1 Å². The molecule has 0 bridgehead atoms. The summed E-state index contributed by atoms with van der Waals surface area (Å²) in [6.45, 7) is 2.12. The number of hydrogen-bond donors (Lipinski definition) is 2. The standard InChI is InChI=1S/C14H17ClN4/c1-2-4-12-9-14(19-16)18-13(17-12)8-10-5-3-6-11(15)7-10/h3,5-7,9H,2,4,8,16H2,1H3,(H,17,18,19). The maximum absolute atomic E-state index is 5.98. The second kappa shape index (κ2) is 6.50. The van der Waals surface area contributed by atoms with E-state index in [4.69, 9.17) is 17.4 Å². The number of benzene rings is 1. The summed E-state index contributed by atoms with van der Waals surface area (Å²) in [4.78, 5) is 8.92. The smallest absolute Gasteiger partial charge is 0.143 e.